The smallest absolute Gasteiger partial charge is 0.285 e. The van der Waals surface area contributed by atoms with Crippen molar-refractivity contribution in [2.75, 3.05) is 18.0 Å². The van der Waals surface area contributed by atoms with Gasteiger partial charge in [0.2, 0.25) is 0 Å². The lowest BCUT2D eigenvalue weighted by Crippen LogP contribution is -2.44. The molecule has 2 amide bonds. The largest absolute Gasteiger partial charge is 0.372 e. The molecule has 2 heterocycles. The molecule has 3 rings (SSSR count). The van der Waals surface area contributed by atoms with Gasteiger partial charge in [0, 0.05) is 18.8 Å². The van der Waals surface area contributed by atoms with Crippen LogP contribution in [0.2, 0.25) is 0 Å². The molecular weight excluding hydrogens is 398 g/mol. The van der Waals surface area contributed by atoms with E-state index in [9.17, 15) is 9.59 Å². The molecule has 1 aromatic heterocycles. The topological polar surface area (TPSA) is 52.6 Å². The van der Waals surface area contributed by atoms with Gasteiger partial charge in [0.25, 0.3) is 11.8 Å². The number of hydrogen-bond acceptors (Lipinski definition) is 6. The van der Waals surface area contributed by atoms with Crippen LogP contribution in [-0.4, -0.2) is 34.2 Å². The highest BCUT2D eigenvalue weighted by atomic mass is 32.2. The summed E-state index contributed by atoms with van der Waals surface area (Å²) in [7, 11) is 0. The third kappa shape index (κ3) is 4.40. The zero-order valence-corrected chi connectivity index (χ0v) is 17.4. The van der Waals surface area contributed by atoms with E-state index in [0.717, 1.165) is 29.3 Å². The lowest BCUT2D eigenvalue weighted by molar-refractivity contribution is -0.123. The van der Waals surface area contributed by atoms with Crippen molar-refractivity contribution in [3.05, 3.63) is 57.1 Å². The van der Waals surface area contributed by atoms with E-state index in [1.54, 1.807) is 23.6 Å². The second-order valence-electron chi connectivity index (χ2n) is 5.70. The maximum absolute atomic E-state index is 12.6. The normalized spacial score (nSPS) is 15.5. The summed E-state index contributed by atoms with van der Waals surface area (Å²) in [4.78, 5) is 28.1. The Kier molecular flexibility index (Phi) is 6.30. The molecule has 0 unspecified atom stereocenters. The highest BCUT2D eigenvalue weighted by Gasteiger charge is 2.33. The van der Waals surface area contributed by atoms with E-state index in [4.69, 9.17) is 12.2 Å². The molecule has 0 atom stereocenters. The minimum absolute atomic E-state index is 0.316. The Labute approximate surface area is 172 Å². The van der Waals surface area contributed by atoms with Crippen LogP contribution in [0.25, 0.3) is 6.08 Å². The minimum atomic E-state index is -0.342. The predicted molar refractivity (Wildman–Crippen MR) is 117 cm³/mol. The number of anilines is 1. The van der Waals surface area contributed by atoms with Gasteiger partial charge in [0.1, 0.15) is 0 Å². The monoisotopic (exact) mass is 417 g/mol. The first-order valence-corrected chi connectivity index (χ1v) is 10.6. The Morgan fingerprint density at radius 2 is 1.93 bits per heavy atom. The number of hydrazine groups is 1. The molecule has 140 valence electrons. The van der Waals surface area contributed by atoms with E-state index in [1.165, 1.54) is 23.1 Å². The number of carbonyl (C=O) groups excluding carboxylic acids is 2. The van der Waals surface area contributed by atoms with Crippen LogP contribution in [0.5, 0.6) is 0 Å². The van der Waals surface area contributed by atoms with Gasteiger partial charge < -0.3 is 4.90 Å². The Hall–Kier alpha value is -2.16. The van der Waals surface area contributed by atoms with Gasteiger partial charge in [-0.05, 0) is 61.3 Å². The van der Waals surface area contributed by atoms with Gasteiger partial charge in [0.15, 0.2) is 4.32 Å². The molecule has 1 fully saturated rings. The number of thioether (sulfide) groups is 1. The van der Waals surface area contributed by atoms with Crippen LogP contribution >= 0.6 is 35.3 Å². The van der Waals surface area contributed by atoms with E-state index in [1.807, 2.05) is 24.3 Å². The first-order chi connectivity index (χ1) is 13.0. The number of hydrogen-bond donors (Lipinski definition) is 1. The van der Waals surface area contributed by atoms with E-state index in [2.05, 4.69) is 24.2 Å². The predicted octanol–water partition coefficient (Wildman–Crippen LogP) is 4.14. The molecule has 0 bridgehead atoms. The average Bonchev–Trinajstić information content (AvgIpc) is 3.29. The minimum Gasteiger partial charge on any atom is -0.372 e. The van der Waals surface area contributed by atoms with Crippen molar-refractivity contribution in [1.82, 2.24) is 10.4 Å². The van der Waals surface area contributed by atoms with Crippen molar-refractivity contribution >= 4 is 63.2 Å². The molecule has 0 aliphatic carbocycles. The number of nitrogens with zero attached hydrogens (tertiary/aromatic N) is 2. The van der Waals surface area contributed by atoms with Crippen LogP contribution < -0.4 is 10.3 Å². The highest BCUT2D eigenvalue weighted by Crippen LogP contribution is 2.32. The Morgan fingerprint density at radius 3 is 2.52 bits per heavy atom. The second-order valence-corrected chi connectivity index (χ2v) is 8.32. The first-order valence-electron chi connectivity index (χ1n) is 8.51. The summed E-state index contributed by atoms with van der Waals surface area (Å²) in [6, 6.07) is 11.5. The quantitative estimate of drug-likeness (QED) is 0.565. The fourth-order valence-electron chi connectivity index (χ4n) is 2.65. The summed E-state index contributed by atoms with van der Waals surface area (Å²) in [5.74, 6) is -0.658. The standard InChI is InChI=1S/C19H19N3O2S3/c1-3-21(4-2)14-9-7-13(8-10-14)12-16-18(24)22(19(25)27-16)20-17(23)15-6-5-11-26-15/h5-12H,3-4H2,1-2H3,(H,20,23)/b16-12+. The summed E-state index contributed by atoms with van der Waals surface area (Å²) in [5, 5.41) is 2.94. The highest BCUT2D eigenvalue weighted by molar-refractivity contribution is 8.26. The number of benzene rings is 1. The third-order valence-corrected chi connectivity index (χ3v) is 6.24. The third-order valence-electron chi connectivity index (χ3n) is 4.07. The summed E-state index contributed by atoms with van der Waals surface area (Å²) >= 11 is 7.75. The molecule has 1 aliphatic heterocycles. The van der Waals surface area contributed by atoms with Crippen molar-refractivity contribution < 1.29 is 9.59 Å². The van der Waals surface area contributed by atoms with E-state index < -0.39 is 0 Å². The van der Waals surface area contributed by atoms with Crippen LogP contribution in [0.1, 0.15) is 29.1 Å². The maximum atomic E-state index is 12.6. The number of amides is 2. The number of thiocarbonyl (C=S) groups is 1. The van der Waals surface area contributed by atoms with Gasteiger partial charge in [-0.25, -0.2) is 0 Å². The fraction of sp³-hybridized carbons (Fsp3) is 0.211. The van der Waals surface area contributed by atoms with Crippen LogP contribution in [0.15, 0.2) is 46.7 Å². The molecule has 8 heteroatoms. The van der Waals surface area contributed by atoms with Crippen molar-refractivity contribution in [3.8, 4) is 0 Å². The average molecular weight is 418 g/mol. The molecule has 1 saturated heterocycles. The van der Waals surface area contributed by atoms with E-state index in [0.29, 0.717) is 14.1 Å². The molecule has 0 saturated carbocycles. The van der Waals surface area contributed by atoms with Crippen LogP contribution in [0.3, 0.4) is 0 Å². The summed E-state index contributed by atoms with van der Waals surface area (Å²) in [6.45, 7) is 6.12. The lowest BCUT2D eigenvalue weighted by Gasteiger charge is -2.20. The first kappa shape index (κ1) is 19.6. The molecule has 0 radical (unpaired) electrons. The van der Waals surface area contributed by atoms with Gasteiger partial charge in [-0.3, -0.25) is 15.0 Å². The van der Waals surface area contributed by atoms with E-state index >= 15 is 0 Å². The second kappa shape index (κ2) is 8.69. The van der Waals surface area contributed by atoms with Crippen molar-refractivity contribution in [3.63, 3.8) is 0 Å². The molecular formula is C19H19N3O2S3. The molecule has 1 aromatic carbocycles. The molecule has 1 aliphatic rings. The number of rotatable bonds is 6. The van der Waals surface area contributed by atoms with Gasteiger partial charge >= 0.3 is 0 Å². The number of thiophene rings is 1. The Balaban J connectivity index is 1.73. The van der Waals surface area contributed by atoms with Gasteiger partial charge in [-0.1, -0.05) is 30.0 Å². The van der Waals surface area contributed by atoms with Crippen LogP contribution in [0, 0.1) is 0 Å². The summed E-state index contributed by atoms with van der Waals surface area (Å²) < 4.78 is 0.316. The molecule has 1 N–H and O–H groups in total. The van der Waals surface area contributed by atoms with Crippen molar-refractivity contribution in [2.45, 2.75) is 13.8 Å². The number of carbonyl (C=O) groups is 2. The Bertz CT molecular complexity index is 872. The zero-order chi connectivity index (χ0) is 19.4. The van der Waals surface area contributed by atoms with Crippen molar-refractivity contribution in [2.24, 2.45) is 0 Å². The van der Waals surface area contributed by atoms with Gasteiger partial charge in [0.05, 0.1) is 9.78 Å². The van der Waals surface area contributed by atoms with Crippen molar-refractivity contribution in [1.29, 1.82) is 0 Å². The molecule has 27 heavy (non-hydrogen) atoms. The van der Waals surface area contributed by atoms with Crippen LogP contribution in [0.4, 0.5) is 5.69 Å². The molecule has 5 nitrogen and oxygen atoms in total. The molecule has 0 spiro atoms. The summed E-state index contributed by atoms with van der Waals surface area (Å²) in [5.41, 5.74) is 4.64. The van der Waals surface area contributed by atoms with Gasteiger partial charge in [-0.2, -0.15) is 5.01 Å². The van der Waals surface area contributed by atoms with E-state index in [-0.39, 0.29) is 11.8 Å². The zero-order valence-electron chi connectivity index (χ0n) is 15.0. The van der Waals surface area contributed by atoms with Gasteiger partial charge in [-0.15, -0.1) is 11.3 Å². The SMILES string of the molecule is CCN(CC)c1ccc(/C=C2/SC(=S)N(NC(=O)c3cccs3)C2=O)cc1. The Morgan fingerprint density at radius 1 is 1.22 bits per heavy atom. The summed E-state index contributed by atoms with van der Waals surface area (Å²) in [6.07, 6.45) is 1.79. The number of nitrogens with one attached hydrogen (secondary N) is 1. The molecule has 2 aromatic rings. The fourth-order valence-corrected chi connectivity index (χ4v) is 4.44. The lowest BCUT2D eigenvalue weighted by atomic mass is 10.1. The van der Waals surface area contributed by atoms with Crippen LogP contribution in [-0.2, 0) is 4.79 Å². The maximum Gasteiger partial charge on any atom is 0.285 e.